The zero-order valence-electron chi connectivity index (χ0n) is 16.9. The standard InChI is InChI=1S/C23H26N2O2S2/c1-3-16-8-11-20-21(13-16)29-23(24-20)25(15-18-5-4-12-27-18)22(26)14-17-6-9-19(28-2)10-7-17/h6-11,13,18H,3-5,12,14-15H2,1-2H3. The van der Waals surface area contributed by atoms with Crippen molar-refractivity contribution in [3.05, 3.63) is 53.6 Å². The molecule has 0 N–H and O–H groups in total. The molecule has 0 saturated carbocycles. The van der Waals surface area contributed by atoms with Gasteiger partial charge in [0.25, 0.3) is 0 Å². The molecule has 2 heterocycles. The molecule has 152 valence electrons. The molecular weight excluding hydrogens is 400 g/mol. The van der Waals surface area contributed by atoms with Gasteiger partial charge in [0.15, 0.2) is 5.13 Å². The first-order valence-electron chi connectivity index (χ1n) is 10.1. The molecule has 1 aliphatic heterocycles. The van der Waals surface area contributed by atoms with E-state index in [1.54, 1.807) is 23.1 Å². The van der Waals surface area contributed by atoms with Crippen molar-refractivity contribution in [3.8, 4) is 0 Å². The Morgan fingerprint density at radius 3 is 2.72 bits per heavy atom. The molecule has 29 heavy (non-hydrogen) atoms. The molecule has 2 aromatic carbocycles. The molecule has 4 rings (SSSR count). The normalized spacial score (nSPS) is 16.4. The monoisotopic (exact) mass is 426 g/mol. The predicted molar refractivity (Wildman–Crippen MR) is 122 cm³/mol. The highest BCUT2D eigenvalue weighted by atomic mass is 32.2. The summed E-state index contributed by atoms with van der Waals surface area (Å²) in [5.41, 5.74) is 3.27. The maximum absolute atomic E-state index is 13.3. The third kappa shape index (κ3) is 4.82. The van der Waals surface area contributed by atoms with E-state index < -0.39 is 0 Å². The van der Waals surface area contributed by atoms with Crippen molar-refractivity contribution in [2.24, 2.45) is 0 Å². The number of ether oxygens (including phenoxy) is 1. The molecule has 1 aromatic heterocycles. The summed E-state index contributed by atoms with van der Waals surface area (Å²) in [4.78, 5) is 21.1. The number of nitrogens with zero attached hydrogens (tertiary/aromatic N) is 2. The van der Waals surface area contributed by atoms with E-state index in [0.717, 1.165) is 46.8 Å². The second kappa shape index (κ2) is 9.28. The van der Waals surface area contributed by atoms with Crippen LogP contribution in [0.15, 0.2) is 47.4 Å². The third-order valence-corrected chi connectivity index (χ3v) is 7.09. The van der Waals surface area contributed by atoms with Crippen LogP contribution in [-0.2, 0) is 22.4 Å². The molecule has 1 fully saturated rings. The summed E-state index contributed by atoms with van der Waals surface area (Å²) in [6.45, 7) is 3.50. The van der Waals surface area contributed by atoms with Gasteiger partial charge < -0.3 is 4.74 Å². The molecule has 0 radical (unpaired) electrons. The van der Waals surface area contributed by atoms with Gasteiger partial charge in [-0.1, -0.05) is 36.5 Å². The number of amides is 1. The van der Waals surface area contributed by atoms with Gasteiger partial charge in [0.1, 0.15) is 0 Å². The Balaban J connectivity index is 1.60. The average molecular weight is 427 g/mol. The molecule has 1 saturated heterocycles. The van der Waals surface area contributed by atoms with Crippen molar-refractivity contribution >= 4 is 44.4 Å². The van der Waals surface area contributed by atoms with Crippen LogP contribution in [0.5, 0.6) is 0 Å². The maximum atomic E-state index is 13.3. The molecule has 0 aliphatic carbocycles. The summed E-state index contributed by atoms with van der Waals surface area (Å²) in [5, 5.41) is 0.773. The minimum Gasteiger partial charge on any atom is -0.376 e. The van der Waals surface area contributed by atoms with Gasteiger partial charge in [-0.25, -0.2) is 4.98 Å². The number of hydrogen-bond donors (Lipinski definition) is 0. The molecule has 0 bridgehead atoms. The number of thiazole rings is 1. The maximum Gasteiger partial charge on any atom is 0.233 e. The average Bonchev–Trinajstić information content (AvgIpc) is 3.41. The van der Waals surface area contributed by atoms with Crippen LogP contribution in [-0.4, -0.2) is 36.4 Å². The highest BCUT2D eigenvalue weighted by Gasteiger charge is 2.26. The molecule has 4 nitrogen and oxygen atoms in total. The number of benzene rings is 2. The van der Waals surface area contributed by atoms with Gasteiger partial charge in [-0.2, -0.15) is 0 Å². The lowest BCUT2D eigenvalue weighted by Gasteiger charge is -2.23. The fourth-order valence-electron chi connectivity index (χ4n) is 3.58. The number of aryl methyl sites for hydroxylation is 1. The zero-order valence-corrected chi connectivity index (χ0v) is 18.5. The Morgan fingerprint density at radius 2 is 2.03 bits per heavy atom. The highest BCUT2D eigenvalue weighted by Crippen LogP contribution is 2.31. The van der Waals surface area contributed by atoms with Crippen LogP contribution in [0.4, 0.5) is 5.13 Å². The van der Waals surface area contributed by atoms with Crippen LogP contribution >= 0.6 is 23.1 Å². The Bertz CT molecular complexity index is 978. The second-order valence-corrected chi connectivity index (χ2v) is 9.21. The highest BCUT2D eigenvalue weighted by molar-refractivity contribution is 7.98. The number of thioether (sulfide) groups is 1. The van der Waals surface area contributed by atoms with Gasteiger partial charge in [0.05, 0.1) is 29.3 Å². The molecule has 3 aromatic rings. The molecule has 0 spiro atoms. The summed E-state index contributed by atoms with van der Waals surface area (Å²) in [6, 6.07) is 14.6. The van der Waals surface area contributed by atoms with Crippen molar-refractivity contribution in [2.75, 3.05) is 24.3 Å². The van der Waals surface area contributed by atoms with E-state index in [1.165, 1.54) is 10.5 Å². The number of fused-ring (bicyclic) bond motifs is 1. The van der Waals surface area contributed by atoms with E-state index >= 15 is 0 Å². The quantitative estimate of drug-likeness (QED) is 0.479. The smallest absolute Gasteiger partial charge is 0.233 e. The fourth-order valence-corrected chi connectivity index (χ4v) is 5.05. The number of aromatic nitrogens is 1. The van der Waals surface area contributed by atoms with Gasteiger partial charge in [-0.15, -0.1) is 11.8 Å². The Hall–Kier alpha value is -1.89. The summed E-state index contributed by atoms with van der Waals surface area (Å²) >= 11 is 3.30. The van der Waals surface area contributed by atoms with Crippen molar-refractivity contribution in [1.82, 2.24) is 4.98 Å². The van der Waals surface area contributed by atoms with Crippen molar-refractivity contribution < 1.29 is 9.53 Å². The Morgan fingerprint density at radius 1 is 1.24 bits per heavy atom. The van der Waals surface area contributed by atoms with Crippen molar-refractivity contribution in [2.45, 2.75) is 43.6 Å². The SMILES string of the molecule is CCc1ccc2nc(N(CC3CCCO3)C(=O)Cc3ccc(SC)cc3)sc2c1. The van der Waals surface area contributed by atoms with Gasteiger partial charge in [0.2, 0.25) is 5.91 Å². The first-order chi connectivity index (χ1) is 14.2. The first-order valence-corrected chi connectivity index (χ1v) is 12.1. The van der Waals surface area contributed by atoms with Gasteiger partial charge >= 0.3 is 0 Å². The van der Waals surface area contributed by atoms with Crippen molar-refractivity contribution in [3.63, 3.8) is 0 Å². The number of rotatable bonds is 7. The van der Waals surface area contributed by atoms with Crippen LogP contribution in [0.2, 0.25) is 0 Å². The number of hydrogen-bond acceptors (Lipinski definition) is 5. The van der Waals surface area contributed by atoms with E-state index in [1.807, 2.05) is 17.0 Å². The number of carbonyl (C=O) groups excluding carboxylic acids is 1. The number of anilines is 1. The van der Waals surface area contributed by atoms with Crippen LogP contribution < -0.4 is 4.90 Å². The lowest BCUT2D eigenvalue weighted by Crippen LogP contribution is -2.38. The zero-order chi connectivity index (χ0) is 20.2. The summed E-state index contributed by atoms with van der Waals surface area (Å²) in [6.07, 6.45) is 5.57. The van der Waals surface area contributed by atoms with Crippen molar-refractivity contribution in [1.29, 1.82) is 0 Å². The predicted octanol–water partition coefficient (Wildman–Crippen LogP) is 5.34. The summed E-state index contributed by atoms with van der Waals surface area (Å²) in [5.74, 6) is 0.0761. The third-order valence-electron chi connectivity index (χ3n) is 5.31. The van der Waals surface area contributed by atoms with E-state index in [0.29, 0.717) is 13.0 Å². The molecule has 1 amide bonds. The molecule has 1 unspecified atom stereocenters. The molecule has 6 heteroatoms. The lowest BCUT2D eigenvalue weighted by atomic mass is 10.1. The van der Waals surface area contributed by atoms with Crippen LogP contribution in [0.25, 0.3) is 10.2 Å². The van der Waals surface area contributed by atoms with E-state index in [2.05, 4.69) is 43.5 Å². The lowest BCUT2D eigenvalue weighted by molar-refractivity contribution is -0.118. The Kier molecular flexibility index (Phi) is 6.53. The van der Waals surface area contributed by atoms with Gasteiger partial charge in [0, 0.05) is 11.5 Å². The molecular formula is C23H26N2O2S2. The Labute approximate surface area is 180 Å². The summed E-state index contributed by atoms with van der Waals surface area (Å²) < 4.78 is 6.96. The van der Waals surface area contributed by atoms with E-state index in [9.17, 15) is 4.79 Å². The van der Waals surface area contributed by atoms with E-state index in [4.69, 9.17) is 9.72 Å². The fraction of sp³-hybridized carbons (Fsp3) is 0.391. The van der Waals surface area contributed by atoms with Gasteiger partial charge in [-0.05, 0) is 60.9 Å². The minimum atomic E-state index is 0.0761. The van der Waals surface area contributed by atoms with Crippen LogP contribution in [0.3, 0.4) is 0 Å². The first kappa shape index (κ1) is 20.4. The second-order valence-electron chi connectivity index (χ2n) is 7.32. The molecule has 1 aliphatic rings. The molecule has 1 atom stereocenters. The summed E-state index contributed by atoms with van der Waals surface area (Å²) in [7, 11) is 0. The van der Waals surface area contributed by atoms with Crippen LogP contribution in [0, 0.1) is 0 Å². The van der Waals surface area contributed by atoms with Gasteiger partial charge in [-0.3, -0.25) is 9.69 Å². The number of carbonyl (C=O) groups is 1. The minimum absolute atomic E-state index is 0.0761. The largest absolute Gasteiger partial charge is 0.376 e. The van der Waals surface area contributed by atoms with E-state index in [-0.39, 0.29) is 12.0 Å². The topological polar surface area (TPSA) is 42.4 Å². The van der Waals surface area contributed by atoms with Crippen LogP contribution in [0.1, 0.15) is 30.9 Å².